The van der Waals surface area contributed by atoms with Crippen LogP contribution in [-0.4, -0.2) is 15.9 Å². The highest BCUT2D eigenvalue weighted by molar-refractivity contribution is 5.95. The van der Waals surface area contributed by atoms with Crippen molar-refractivity contribution >= 4 is 23.0 Å². The van der Waals surface area contributed by atoms with Gasteiger partial charge in [0.1, 0.15) is 5.65 Å². The van der Waals surface area contributed by atoms with E-state index >= 15 is 0 Å². The van der Waals surface area contributed by atoms with Crippen LogP contribution in [0.4, 0.5) is 0 Å². The Morgan fingerprint density at radius 3 is 2.55 bits per heavy atom. The van der Waals surface area contributed by atoms with Crippen LogP contribution in [0.15, 0.2) is 42.7 Å². The molecule has 0 spiro atoms. The van der Waals surface area contributed by atoms with Crippen LogP contribution < -0.4 is 5.73 Å². The zero-order valence-corrected chi connectivity index (χ0v) is 12.6. The number of carbonyl (C=O) groups excluding carboxylic acids is 1. The lowest BCUT2D eigenvalue weighted by molar-refractivity contribution is -0.113. The molecule has 0 fully saturated rings. The number of aromatic amines is 1. The fourth-order valence-corrected chi connectivity index (χ4v) is 2.63. The van der Waals surface area contributed by atoms with Gasteiger partial charge in [0.25, 0.3) is 0 Å². The predicted octanol–water partition coefficient (Wildman–Crippen LogP) is 3.35. The van der Waals surface area contributed by atoms with Crippen molar-refractivity contribution in [1.29, 1.82) is 0 Å². The summed E-state index contributed by atoms with van der Waals surface area (Å²) in [7, 11) is 0. The van der Waals surface area contributed by atoms with E-state index in [1.807, 2.05) is 12.4 Å². The molecule has 0 saturated carbocycles. The van der Waals surface area contributed by atoms with Gasteiger partial charge in [0.05, 0.1) is 0 Å². The van der Waals surface area contributed by atoms with Gasteiger partial charge in [-0.25, -0.2) is 4.98 Å². The molecular weight excluding hydrogens is 274 g/mol. The molecule has 3 rings (SSSR count). The first-order chi connectivity index (χ1) is 10.5. The molecule has 0 bridgehead atoms. The molecule has 22 heavy (non-hydrogen) atoms. The number of H-pyrrole nitrogens is 1. The van der Waals surface area contributed by atoms with Gasteiger partial charge in [0.2, 0.25) is 5.91 Å². The fraction of sp³-hybridized carbons (Fsp3) is 0.111. The highest BCUT2D eigenvalue weighted by atomic mass is 16.1. The molecule has 1 aromatic carbocycles. The summed E-state index contributed by atoms with van der Waals surface area (Å²) in [5.41, 5.74) is 11.5. The zero-order valence-electron chi connectivity index (χ0n) is 12.6. The lowest BCUT2D eigenvalue weighted by atomic mass is 10.0. The summed E-state index contributed by atoms with van der Waals surface area (Å²) in [5.74, 6) is -0.465. The third-order valence-corrected chi connectivity index (χ3v) is 3.55. The van der Waals surface area contributed by atoms with Crippen molar-refractivity contribution in [2.45, 2.75) is 13.8 Å². The Bertz CT molecular complexity index is 870. The Labute approximate surface area is 128 Å². The number of carbonyl (C=O) groups is 1. The monoisotopic (exact) mass is 291 g/mol. The van der Waals surface area contributed by atoms with E-state index in [2.05, 4.69) is 48.1 Å². The Balaban J connectivity index is 2.12. The fourth-order valence-electron chi connectivity index (χ4n) is 2.63. The molecule has 3 N–H and O–H groups in total. The molecule has 0 unspecified atom stereocenters. The molecule has 2 aromatic heterocycles. The maximum Gasteiger partial charge on any atom is 0.241 e. The van der Waals surface area contributed by atoms with Gasteiger partial charge in [0, 0.05) is 35.0 Å². The Kier molecular flexibility index (Phi) is 3.51. The van der Waals surface area contributed by atoms with E-state index < -0.39 is 5.91 Å². The lowest BCUT2D eigenvalue weighted by Crippen LogP contribution is -2.04. The second-order valence-electron chi connectivity index (χ2n) is 5.48. The molecule has 2 heterocycles. The van der Waals surface area contributed by atoms with E-state index in [1.54, 1.807) is 6.08 Å². The first kappa shape index (κ1) is 14.1. The number of nitrogens with zero attached hydrogens (tertiary/aromatic N) is 1. The van der Waals surface area contributed by atoms with Crippen LogP contribution in [0, 0.1) is 13.8 Å². The van der Waals surface area contributed by atoms with Crippen LogP contribution in [0.2, 0.25) is 0 Å². The normalized spacial score (nSPS) is 11.4. The highest BCUT2D eigenvalue weighted by Crippen LogP contribution is 2.26. The van der Waals surface area contributed by atoms with Crippen molar-refractivity contribution in [3.63, 3.8) is 0 Å². The van der Waals surface area contributed by atoms with Crippen LogP contribution in [0.3, 0.4) is 0 Å². The summed E-state index contributed by atoms with van der Waals surface area (Å²) in [6, 6.07) is 8.50. The number of amides is 1. The van der Waals surface area contributed by atoms with Crippen LogP contribution in [0.5, 0.6) is 0 Å². The molecule has 0 aliphatic heterocycles. The van der Waals surface area contributed by atoms with Crippen molar-refractivity contribution < 1.29 is 4.79 Å². The number of primary amides is 1. The first-order valence-corrected chi connectivity index (χ1v) is 7.06. The maximum absolute atomic E-state index is 10.9. The van der Waals surface area contributed by atoms with Gasteiger partial charge in [-0.05, 0) is 31.6 Å². The summed E-state index contributed by atoms with van der Waals surface area (Å²) < 4.78 is 0. The minimum absolute atomic E-state index is 0.465. The van der Waals surface area contributed by atoms with E-state index in [1.165, 1.54) is 17.2 Å². The Hall–Kier alpha value is -2.88. The summed E-state index contributed by atoms with van der Waals surface area (Å²) in [6.45, 7) is 4.17. The van der Waals surface area contributed by atoms with Crippen LogP contribution >= 0.6 is 0 Å². The summed E-state index contributed by atoms with van der Waals surface area (Å²) >= 11 is 0. The standard InChI is InChI=1S/C18H17N3O/c1-11-5-12(2)7-14(6-11)15-8-16-13(3-4-17(19)22)9-20-18(16)21-10-15/h3-10H,1-2H3,(H2,19,22)(H,20,21)/b4-3+. The number of nitrogens with one attached hydrogen (secondary N) is 1. The number of pyridine rings is 1. The van der Waals surface area contributed by atoms with E-state index in [0.29, 0.717) is 0 Å². The number of hydrogen-bond acceptors (Lipinski definition) is 2. The number of benzene rings is 1. The Morgan fingerprint density at radius 1 is 1.14 bits per heavy atom. The largest absolute Gasteiger partial charge is 0.366 e. The topological polar surface area (TPSA) is 71.8 Å². The van der Waals surface area contributed by atoms with E-state index in [4.69, 9.17) is 5.73 Å². The van der Waals surface area contributed by atoms with Gasteiger partial charge < -0.3 is 10.7 Å². The van der Waals surface area contributed by atoms with Crippen LogP contribution in [0.25, 0.3) is 28.2 Å². The number of hydrogen-bond donors (Lipinski definition) is 2. The van der Waals surface area contributed by atoms with Crippen molar-refractivity contribution in [3.8, 4) is 11.1 Å². The molecule has 4 nitrogen and oxygen atoms in total. The molecule has 0 aliphatic rings. The lowest BCUT2D eigenvalue weighted by Gasteiger charge is -2.05. The number of rotatable bonds is 3. The number of nitrogens with two attached hydrogens (primary N) is 1. The van der Waals surface area contributed by atoms with E-state index in [0.717, 1.165) is 27.7 Å². The number of aryl methyl sites for hydroxylation is 2. The third-order valence-electron chi connectivity index (χ3n) is 3.55. The van der Waals surface area contributed by atoms with Crippen molar-refractivity contribution in [1.82, 2.24) is 9.97 Å². The van der Waals surface area contributed by atoms with E-state index in [9.17, 15) is 4.79 Å². The molecule has 0 atom stereocenters. The van der Waals surface area contributed by atoms with Gasteiger partial charge >= 0.3 is 0 Å². The molecule has 4 heteroatoms. The smallest absolute Gasteiger partial charge is 0.241 e. The van der Waals surface area contributed by atoms with Gasteiger partial charge in [-0.1, -0.05) is 29.3 Å². The SMILES string of the molecule is Cc1cc(C)cc(-c2cnc3[nH]cc(/C=C/C(N)=O)c3c2)c1. The van der Waals surface area contributed by atoms with Crippen molar-refractivity contribution in [2.75, 3.05) is 0 Å². The molecular formula is C18H17N3O. The van der Waals surface area contributed by atoms with Gasteiger partial charge in [-0.3, -0.25) is 4.79 Å². The summed E-state index contributed by atoms with van der Waals surface area (Å²) in [5, 5.41) is 0.967. The molecule has 0 radical (unpaired) electrons. The number of fused-ring (bicyclic) bond motifs is 1. The molecule has 110 valence electrons. The van der Waals surface area contributed by atoms with E-state index in [-0.39, 0.29) is 0 Å². The summed E-state index contributed by atoms with van der Waals surface area (Å²) in [6.07, 6.45) is 6.73. The van der Waals surface area contributed by atoms with Crippen LogP contribution in [-0.2, 0) is 4.79 Å². The van der Waals surface area contributed by atoms with Gasteiger partial charge in [0.15, 0.2) is 0 Å². The van der Waals surface area contributed by atoms with Crippen LogP contribution in [0.1, 0.15) is 16.7 Å². The summed E-state index contributed by atoms with van der Waals surface area (Å²) in [4.78, 5) is 18.5. The predicted molar refractivity (Wildman–Crippen MR) is 89.2 cm³/mol. The molecule has 0 aliphatic carbocycles. The third kappa shape index (κ3) is 2.76. The molecule has 3 aromatic rings. The van der Waals surface area contributed by atoms with Gasteiger partial charge in [-0.2, -0.15) is 0 Å². The second-order valence-corrected chi connectivity index (χ2v) is 5.48. The highest BCUT2D eigenvalue weighted by Gasteiger charge is 2.06. The molecule has 1 amide bonds. The molecule has 0 saturated heterocycles. The van der Waals surface area contributed by atoms with Crippen molar-refractivity contribution in [3.05, 3.63) is 59.4 Å². The average molecular weight is 291 g/mol. The Morgan fingerprint density at radius 2 is 1.86 bits per heavy atom. The quantitative estimate of drug-likeness (QED) is 0.726. The number of aromatic nitrogens is 2. The minimum Gasteiger partial charge on any atom is -0.366 e. The van der Waals surface area contributed by atoms with Gasteiger partial charge in [-0.15, -0.1) is 0 Å². The maximum atomic E-state index is 10.9. The first-order valence-electron chi connectivity index (χ1n) is 7.06. The van der Waals surface area contributed by atoms with Crippen molar-refractivity contribution in [2.24, 2.45) is 5.73 Å². The average Bonchev–Trinajstić information content (AvgIpc) is 2.86. The minimum atomic E-state index is -0.465. The second kappa shape index (κ2) is 5.48. The zero-order chi connectivity index (χ0) is 15.7.